The Kier molecular flexibility index (Phi) is 4.01. The molecular weight excluding hydrogens is 204 g/mol. The summed E-state index contributed by atoms with van der Waals surface area (Å²) in [5, 5.41) is 8.87. The minimum Gasteiger partial charge on any atom is -0.497 e. The fourth-order valence-corrected chi connectivity index (χ4v) is 1.37. The monoisotopic (exact) mass is 220 g/mol. The Hall–Kier alpha value is -1.89. The van der Waals surface area contributed by atoms with Gasteiger partial charge in [0.2, 0.25) is 0 Å². The van der Waals surface area contributed by atoms with E-state index in [-0.39, 0.29) is 6.04 Å². The van der Waals surface area contributed by atoms with Gasteiger partial charge in [0, 0.05) is 13.1 Å². The molecule has 0 spiro atoms. The van der Waals surface area contributed by atoms with Crippen LogP contribution in [0.15, 0.2) is 18.2 Å². The molecule has 1 aromatic rings. The summed E-state index contributed by atoms with van der Waals surface area (Å²) in [4.78, 5) is 1.86. The van der Waals surface area contributed by atoms with E-state index < -0.39 is 0 Å². The molecule has 0 heterocycles. The highest BCUT2D eigenvalue weighted by molar-refractivity contribution is 5.61. The standard InChI is InChI=1S/C12H16N2O2/c1-9(8-13)14(2)11-6-5-10(15-3)7-12(11)16-4/h5-7,9H,1-4H3. The van der Waals surface area contributed by atoms with Gasteiger partial charge in [0.05, 0.1) is 26.0 Å². The van der Waals surface area contributed by atoms with Crippen LogP contribution in [0, 0.1) is 11.3 Å². The van der Waals surface area contributed by atoms with Crippen molar-refractivity contribution in [2.75, 3.05) is 26.2 Å². The Morgan fingerprint density at radius 3 is 2.50 bits per heavy atom. The first-order valence-corrected chi connectivity index (χ1v) is 4.98. The van der Waals surface area contributed by atoms with Gasteiger partial charge in [-0.3, -0.25) is 0 Å². The number of ether oxygens (including phenoxy) is 2. The van der Waals surface area contributed by atoms with Crippen LogP contribution in [0.3, 0.4) is 0 Å². The molecule has 0 saturated carbocycles. The average molecular weight is 220 g/mol. The van der Waals surface area contributed by atoms with Gasteiger partial charge in [0.25, 0.3) is 0 Å². The topological polar surface area (TPSA) is 45.5 Å². The lowest BCUT2D eigenvalue weighted by Crippen LogP contribution is -2.27. The zero-order chi connectivity index (χ0) is 12.1. The molecule has 0 aliphatic heterocycles. The second-order valence-electron chi connectivity index (χ2n) is 3.45. The third-order valence-electron chi connectivity index (χ3n) is 2.53. The van der Waals surface area contributed by atoms with Gasteiger partial charge in [-0.25, -0.2) is 0 Å². The van der Waals surface area contributed by atoms with E-state index in [1.165, 1.54) is 0 Å². The van der Waals surface area contributed by atoms with Gasteiger partial charge in [0.1, 0.15) is 17.5 Å². The molecule has 0 saturated heterocycles. The normalized spacial score (nSPS) is 11.4. The number of hydrogen-bond donors (Lipinski definition) is 0. The zero-order valence-corrected chi connectivity index (χ0v) is 10.0. The molecule has 1 unspecified atom stereocenters. The predicted molar refractivity (Wildman–Crippen MR) is 63.0 cm³/mol. The van der Waals surface area contributed by atoms with Crippen molar-refractivity contribution >= 4 is 5.69 Å². The Morgan fingerprint density at radius 2 is 2.00 bits per heavy atom. The van der Waals surface area contributed by atoms with Crippen LogP contribution in [0.2, 0.25) is 0 Å². The Labute approximate surface area is 96.0 Å². The number of nitrogens with zero attached hydrogens (tertiary/aromatic N) is 2. The van der Waals surface area contributed by atoms with Crippen molar-refractivity contribution in [3.05, 3.63) is 18.2 Å². The van der Waals surface area contributed by atoms with Crippen molar-refractivity contribution < 1.29 is 9.47 Å². The van der Waals surface area contributed by atoms with Crippen LogP contribution >= 0.6 is 0 Å². The molecule has 86 valence electrons. The molecule has 1 atom stereocenters. The molecular formula is C12H16N2O2. The van der Waals surface area contributed by atoms with Gasteiger partial charge < -0.3 is 14.4 Å². The van der Waals surface area contributed by atoms with Crippen LogP contribution < -0.4 is 14.4 Å². The maximum Gasteiger partial charge on any atom is 0.145 e. The molecule has 0 fully saturated rings. The van der Waals surface area contributed by atoms with Gasteiger partial charge in [-0.1, -0.05) is 0 Å². The Morgan fingerprint density at radius 1 is 1.31 bits per heavy atom. The summed E-state index contributed by atoms with van der Waals surface area (Å²) in [5.74, 6) is 1.43. The minimum atomic E-state index is -0.206. The molecule has 16 heavy (non-hydrogen) atoms. The molecule has 0 bridgehead atoms. The Bertz CT molecular complexity index is 398. The van der Waals surface area contributed by atoms with Gasteiger partial charge in [-0.15, -0.1) is 0 Å². The second-order valence-corrected chi connectivity index (χ2v) is 3.45. The van der Waals surface area contributed by atoms with Gasteiger partial charge in [0.15, 0.2) is 0 Å². The van der Waals surface area contributed by atoms with Crippen LogP contribution in [-0.4, -0.2) is 27.3 Å². The van der Waals surface area contributed by atoms with Gasteiger partial charge in [-0.05, 0) is 19.1 Å². The van der Waals surface area contributed by atoms with E-state index in [1.807, 2.05) is 31.0 Å². The fraction of sp³-hybridized carbons (Fsp3) is 0.417. The third kappa shape index (κ3) is 2.37. The SMILES string of the molecule is COc1ccc(N(C)C(C)C#N)c(OC)c1. The average Bonchev–Trinajstić information content (AvgIpc) is 2.35. The molecule has 4 heteroatoms. The number of benzene rings is 1. The minimum absolute atomic E-state index is 0.206. The Balaban J connectivity index is 3.09. The van der Waals surface area contributed by atoms with E-state index in [0.717, 1.165) is 11.4 Å². The fourth-order valence-electron chi connectivity index (χ4n) is 1.37. The number of methoxy groups -OCH3 is 2. The first-order chi connectivity index (χ1) is 7.63. The largest absolute Gasteiger partial charge is 0.497 e. The van der Waals surface area contributed by atoms with E-state index in [2.05, 4.69) is 6.07 Å². The molecule has 0 radical (unpaired) electrons. The zero-order valence-electron chi connectivity index (χ0n) is 10.0. The highest BCUT2D eigenvalue weighted by Gasteiger charge is 2.14. The number of nitriles is 1. The van der Waals surface area contributed by atoms with Crippen molar-refractivity contribution in [1.29, 1.82) is 5.26 Å². The van der Waals surface area contributed by atoms with Crippen molar-refractivity contribution in [3.8, 4) is 17.6 Å². The van der Waals surface area contributed by atoms with E-state index in [4.69, 9.17) is 14.7 Å². The number of rotatable bonds is 4. The molecule has 0 amide bonds. The summed E-state index contributed by atoms with van der Waals surface area (Å²) in [7, 11) is 5.07. The third-order valence-corrected chi connectivity index (χ3v) is 2.53. The first-order valence-electron chi connectivity index (χ1n) is 4.98. The van der Waals surface area contributed by atoms with Gasteiger partial charge in [-0.2, -0.15) is 5.26 Å². The van der Waals surface area contributed by atoms with Crippen LogP contribution in [0.5, 0.6) is 11.5 Å². The molecule has 4 nitrogen and oxygen atoms in total. The van der Waals surface area contributed by atoms with Crippen molar-refractivity contribution in [1.82, 2.24) is 0 Å². The summed E-state index contributed by atoms with van der Waals surface area (Å²) in [5.41, 5.74) is 0.873. The summed E-state index contributed by atoms with van der Waals surface area (Å²) in [6, 6.07) is 7.50. The van der Waals surface area contributed by atoms with E-state index in [0.29, 0.717) is 5.75 Å². The maximum absolute atomic E-state index is 8.87. The summed E-state index contributed by atoms with van der Waals surface area (Å²) in [6.45, 7) is 1.84. The first kappa shape index (κ1) is 12.2. The van der Waals surface area contributed by atoms with Crippen LogP contribution in [-0.2, 0) is 0 Å². The van der Waals surface area contributed by atoms with Crippen molar-refractivity contribution in [3.63, 3.8) is 0 Å². The smallest absolute Gasteiger partial charge is 0.145 e. The highest BCUT2D eigenvalue weighted by Crippen LogP contribution is 2.32. The van der Waals surface area contributed by atoms with Crippen LogP contribution in [0.1, 0.15) is 6.92 Å². The number of anilines is 1. The highest BCUT2D eigenvalue weighted by atomic mass is 16.5. The van der Waals surface area contributed by atoms with E-state index in [1.54, 1.807) is 20.3 Å². The molecule has 0 aromatic heterocycles. The quantitative estimate of drug-likeness (QED) is 0.779. The van der Waals surface area contributed by atoms with Gasteiger partial charge >= 0.3 is 0 Å². The predicted octanol–water partition coefficient (Wildman–Crippen LogP) is 2.05. The molecule has 0 N–H and O–H groups in total. The summed E-state index contributed by atoms with van der Waals surface area (Å²) >= 11 is 0. The van der Waals surface area contributed by atoms with Crippen LogP contribution in [0.25, 0.3) is 0 Å². The lowest BCUT2D eigenvalue weighted by Gasteiger charge is -2.24. The summed E-state index contributed by atoms with van der Waals surface area (Å²) < 4.78 is 10.4. The molecule has 1 rings (SSSR count). The van der Waals surface area contributed by atoms with E-state index >= 15 is 0 Å². The van der Waals surface area contributed by atoms with Crippen LogP contribution in [0.4, 0.5) is 5.69 Å². The molecule has 0 aliphatic carbocycles. The maximum atomic E-state index is 8.87. The summed E-state index contributed by atoms with van der Waals surface area (Å²) in [6.07, 6.45) is 0. The lowest BCUT2D eigenvalue weighted by molar-refractivity contribution is 0.394. The van der Waals surface area contributed by atoms with Crippen molar-refractivity contribution in [2.45, 2.75) is 13.0 Å². The van der Waals surface area contributed by atoms with E-state index in [9.17, 15) is 0 Å². The number of hydrogen-bond acceptors (Lipinski definition) is 4. The van der Waals surface area contributed by atoms with Crippen molar-refractivity contribution in [2.24, 2.45) is 0 Å². The second kappa shape index (κ2) is 5.26. The molecule has 0 aliphatic rings. The molecule has 1 aromatic carbocycles. The lowest BCUT2D eigenvalue weighted by atomic mass is 10.2.